The lowest BCUT2D eigenvalue weighted by atomic mass is 9.78. The van der Waals surface area contributed by atoms with Gasteiger partial charge in [-0.1, -0.05) is 27.4 Å². The van der Waals surface area contributed by atoms with E-state index in [1.54, 1.807) is 17.7 Å². The Balaban J connectivity index is 2.21. The zero-order valence-corrected chi connectivity index (χ0v) is 18.8. The highest BCUT2D eigenvalue weighted by Gasteiger charge is 2.36. The summed E-state index contributed by atoms with van der Waals surface area (Å²) in [5, 5.41) is 9.83. The normalized spacial score (nSPS) is 15.2. The third-order valence-electron chi connectivity index (χ3n) is 5.63. The number of nitrogens with zero attached hydrogens (tertiary/aromatic N) is 1. The molecule has 0 saturated heterocycles. The Morgan fingerprint density at radius 2 is 1.97 bits per heavy atom. The molecule has 2 heterocycles. The minimum absolute atomic E-state index is 0.135. The minimum Gasteiger partial charge on any atom is -0.508 e. The van der Waals surface area contributed by atoms with Crippen molar-refractivity contribution in [2.75, 3.05) is 27.4 Å². The Kier molecular flexibility index (Phi) is 6.46. The molecule has 0 unspecified atom stereocenters. The second-order valence-electron chi connectivity index (χ2n) is 8.83. The van der Waals surface area contributed by atoms with Crippen molar-refractivity contribution in [2.45, 2.75) is 39.7 Å². The summed E-state index contributed by atoms with van der Waals surface area (Å²) in [4.78, 5) is 12.6. The van der Waals surface area contributed by atoms with Crippen molar-refractivity contribution in [1.82, 2.24) is 4.57 Å². The van der Waals surface area contributed by atoms with Gasteiger partial charge in [0.05, 0.1) is 25.0 Å². The summed E-state index contributed by atoms with van der Waals surface area (Å²) in [6, 6.07) is 3.42. The number of aromatic nitrogens is 1. The van der Waals surface area contributed by atoms with Crippen LogP contribution < -0.4 is 14.9 Å². The van der Waals surface area contributed by atoms with Crippen molar-refractivity contribution in [2.24, 2.45) is 5.41 Å². The lowest BCUT2D eigenvalue weighted by molar-refractivity contribution is 0.170. The summed E-state index contributed by atoms with van der Waals surface area (Å²) in [6.45, 7) is 10.6. The molecule has 0 fully saturated rings. The van der Waals surface area contributed by atoms with Crippen LogP contribution in [-0.2, 0) is 11.2 Å². The van der Waals surface area contributed by atoms with Gasteiger partial charge in [0.1, 0.15) is 5.76 Å². The first-order chi connectivity index (χ1) is 14.6. The summed E-state index contributed by atoms with van der Waals surface area (Å²) in [5.41, 5.74) is 0.367. The van der Waals surface area contributed by atoms with E-state index in [1.807, 2.05) is 6.07 Å². The Hall–Kier alpha value is -2.80. The van der Waals surface area contributed by atoms with Crippen molar-refractivity contribution >= 4 is 5.76 Å². The van der Waals surface area contributed by atoms with Crippen molar-refractivity contribution in [3.63, 3.8) is 0 Å². The molecule has 1 aromatic heterocycles. The third kappa shape index (κ3) is 4.32. The predicted octanol–water partition coefficient (Wildman–Crippen LogP) is 4.75. The highest BCUT2D eigenvalue weighted by molar-refractivity contribution is 5.72. The van der Waals surface area contributed by atoms with Crippen molar-refractivity contribution in [3.05, 3.63) is 52.1 Å². The summed E-state index contributed by atoms with van der Waals surface area (Å²) in [5.74, 6) is -0.338. The second kappa shape index (κ2) is 8.75. The fourth-order valence-corrected chi connectivity index (χ4v) is 3.99. The molecule has 0 bridgehead atoms. The van der Waals surface area contributed by atoms with Gasteiger partial charge in [0.15, 0.2) is 17.3 Å². The first-order valence-electron chi connectivity index (χ1n) is 10.3. The van der Waals surface area contributed by atoms with E-state index in [2.05, 4.69) is 27.4 Å². The van der Waals surface area contributed by atoms with E-state index in [1.165, 1.54) is 13.3 Å². The molecule has 0 saturated carbocycles. The van der Waals surface area contributed by atoms with Gasteiger partial charge in [-0.15, -0.1) is 0 Å². The molecule has 2 aromatic rings. The fourth-order valence-electron chi connectivity index (χ4n) is 3.99. The molecule has 31 heavy (non-hydrogen) atoms. The molecule has 0 aliphatic carbocycles. The fraction of sp³-hybridized carbons (Fsp3) is 0.458. The first-order valence-corrected chi connectivity index (χ1v) is 10.3. The number of rotatable bonds is 7. The Morgan fingerprint density at radius 1 is 1.26 bits per heavy atom. The molecule has 1 N–H and O–H groups in total. The Labute approximate surface area is 181 Å². The number of hydrogen-bond acceptors (Lipinski definition) is 5. The van der Waals surface area contributed by atoms with Crippen molar-refractivity contribution in [3.8, 4) is 22.8 Å². The smallest absolute Gasteiger partial charge is 0.228 e. The topological polar surface area (TPSA) is 69.9 Å². The van der Waals surface area contributed by atoms with E-state index in [4.69, 9.17) is 14.2 Å². The van der Waals surface area contributed by atoms with E-state index in [-0.39, 0.29) is 22.7 Å². The molecular formula is C24H30FNO5. The number of hydrogen-bond donors (Lipinski definition) is 1. The van der Waals surface area contributed by atoms with Crippen LogP contribution in [0.15, 0.2) is 29.7 Å². The Bertz CT molecular complexity index is 1050. The number of fused-ring (bicyclic) bond motifs is 3. The van der Waals surface area contributed by atoms with Gasteiger partial charge in [-0.05, 0) is 29.5 Å². The van der Waals surface area contributed by atoms with Gasteiger partial charge in [0.2, 0.25) is 5.43 Å². The van der Waals surface area contributed by atoms with Gasteiger partial charge < -0.3 is 23.9 Å². The van der Waals surface area contributed by atoms with Crippen molar-refractivity contribution in [1.29, 1.82) is 0 Å². The predicted molar refractivity (Wildman–Crippen MR) is 118 cm³/mol. The second-order valence-corrected chi connectivity index (χ2v) is 8.83. The van der Waals surface area contributed by atoms with Gasteiger partial charge in [-0.2, -0.15) is 0 Å². The molecule has 7 heteroatoms. The summed E-state index contributed by atoms with van der Waals surface area (Å²) < 4.78 is 33.6. The van der Waals surface area contributed by atoms with Crippen LogP contribution in [0.1, 0.15) is 44.4 Å². The molecule has 6 nitrogen and oxygen atoms in total. The summed E-state index contributed by atoms with van der Waals surface area (Å²) >= 11 is 0. The maximum atomic E-state index is 15.4. The van der Waals surface area contributed by atoms with E-state index in [0.717, 1.165) is 12.0 Å². The van der Waals surface area contributed by atoms with E-state index >= 15 is 4.39 Å². The quantitative estimate of drug-likeness (QED) is 0.506. The molecule has 0 radical (unpaired) electrons. The van der Waals surface area contributed by atoms with E-state index in [0.29, 0.717) is 36.7 Å². The molecule has 168 valence electrons. The molecule has 0 spiro atoms. The monoisotopic (exact) mass is 431 g/mol. The van der Waals surface area contributed by atoms with E-state index in [9.17, 15) is 9.90 Å². The number of pyridine rings is 1. The van der Waals surface area contributed by atoms with Crippen LogP contribution in [0.2, 0.25) is 0 Å². The Morgan fingerprint density at radius 3 is 2.55 bits per heavy atom. The van der Waals surface area contributed by atoms with Gasteiger partial charge in [-0.25, -0.2) is 4.39 Å². The lowest BCUT2D eigenvalue weighted by Gasteiger charge is -2.39. The third-order valence-corrected chi connectivity index (χ3v) is 5.63. The van der Waals surface area contributed by atoms with E-state index < -0.39 is 17.0 Å². The maximum Gasteiger partial charge on any atom is 0.228 e. The van der Waals surface area contributed by atoms with Crippen molar-refractivity contribution < 1.29 is 23.7 Å². The lowest BCUT2D eigenvalue weighted by Crippen LogP contribution is -2.33. The minimum atomic E-state index is -0.918. The zero-order valence-electron chi connectivity index (χ0n) is 18.8. The SMILES string of the molecule is C=C(O)c1cn2c(c(F)c1=O)-c1cc(OC)c(OCCCOC)cc1C[C@H]2C(C)(C)C. The summed E-state index contributed by atoms with van der Waals surface area (Å²) in [6.07, 6.45) is 2.83. The van der Waals surface area contributed by atoms with Crippen LogP contribution >= 0.6 is 0 Å². The van der Waals surface area contributed by atoms with Crippen LogP contribution in [0.5, 0.6) is 11.5 Å². The average molecular weight is 432 g/mol. The van der Waals surface area contributed by atoms with Gasteiger partial charge in [-0.3, -0.25) is 4.79 Å². The largest absolute Gasteiger partial charge is 0.508 e. The highest BCUT2D eigenvalue weighted by atomic mass is 19.1. The van der Waals surface area contributed by atoms with Crippen LogP contribution in [0.4, 0.5) is 4.39 Å². The number of methoxy groups -OCH3 is 2. The molecule has 1 atom stereocenters. The number of aliphatic hydroxyl groups is 1. The number of aliphatic hydroxyl groups excluding tert-OH is 1. The van der Waals surface area contributed by atoms with Crippen LogP contribution in [0.3, 0.4) is 0 Å². The number of halogens is 1. The van der Waals surface area contributed by atoms with Crippen LogP contribution in [-0.4, -0.2) is 37.1 Å². The molecule has 0 amide bonds. The number of ether oxygens (including phenoxy) is 3. The standard InChI is InChI=1S/C24H30FNO5/c1-14(27)17-13-26-20(24(2,3)4)11-15-10-19(31-9-7-8-29-5)18(30-6)12-16(15)22(26)21(25)23(17)28/h10,12-13,20,27H,1,7-9,11H2,2-6H3/t20-/m0/s1. The molecule has 1 aliphatic rings. The van der Waals surface area contributed by atoms with Gasteiger partial charge in [0, 0.05) is 37.9 Å². The molecule has 1 aromatic carbocycles. The number of benzene rings is 1. The maximum absolute atomic E-state index is 15.4. The highest BCUT2D eigenvalue weighted by Crippen LogP contribution is 2.46. The zero-order chi connectivity index (χ0) is 22.9. The van der Waals surface area contributed by atoms with Crippen LogP contribution in [0, 0.1) is 11.2 Å². The van der Waals surface area contributed by atoms with Crippen LogP contribution in [0.25, 0.3) is 17.0 Å². The molecular weight excluding hydrogens is 401 g/mol. The average Bonchev–Trinajstić information content (AvgIpc) is 2.71. The first kappa shape index (κ1) is 22.9. The van der Waals surface area contributed by atoms with Gasteiger partial charge in [0.25, 0.3) is 0 Å². The summed E-state index contributed by atoms with van der Waals surface area (Å²) in [7, 11) is 3.16. The molecule has 1 aliphatic heterocycles. The molecule has 3 rings (SSSR count). The van der Waals surface area contributed by atoms with Gasteiger partial charge >= 0.3 is 0 Å².